The van der Waals surface area contributed by atoms with Crippen LogP contribution in [0.1, 0.15) is 17.3 Å². The van der Waals surface area contributed by atoms with Gasteiger partial charge in [-0.3, -0.25) is 15.1 Å². The Kier molecular flexibility index (Phi) is 5.70. The monoisotopic (exact) mass is 380 g/mol. The quantitative estimate of drug-likeness (QED) is 0.359. The van der Waals surface area contributed by atoms with Crippen molar-refractivity contribution in [1.29, 1.82) is 0 Å². The molecule has 10 nitrogen and oxygen atoms in total. The summed E-state index contributed by atoms with van der Waals surface area (Å²) in [6.07, 6.45) is 4.32. The van der Waals surface area contributed by atoms with E-state index in [0.29, 0.717) is 16.9 Å². The van der Waals surface area contributed by atoms with Gasteiger partial charge in [-0.2, -0.15) is 0 Å². The molecule has 0 fully saturated rings. The maximum Gasteiger partial charge on any atom is 0.353 e. The molecule has 0 saturated heterocycles. The van der Waals surface area contributed by atoms with Gasteiger partial charge in [-0.25, -0.2) is 14.8 Å². The number of nitrogens with one attached hydrogen (secondary N) is 2. The highest BCUT2D eigenvalue weighted by Gasteiger charge is 2.23. The SMILES string of the molecule is CCOC(=O)c1ccc(Nc2ncnc(Nc3ccncc3)c2[N+](=O)[O-])cc1. The molecule has 28 heavy (non-hydrogen) atoms. The lowest BCUT2D eigenvalue weighted by Crippen LogP contribution is -2.06. The van der Waals surface area contributed by atoms with E-state index < -0.39 is 10.9 Å². The van der Waals surface area contributed by atoms with Gasteiger partial charge in [-0.05, 0) is 43.3 Å². The summed E-state index contributed by atoms with van der Waals surface area (Å²) in [6.45, 7) is 2.00. The molecule has 0 atom stereocenters. The molecule has 0 aliphatic carbocycles. The van der Waals surface area contributed by atoms with Crippen LogP contribution in [-0.2, 0) is 4.74 Å². The first-order valence-corrected chi connectivity index (χ1v) is 8.29. The zero-order valence-corrected chi connectivity index (χ0v) is 14.8. The Bertz CT molecular complexity index is 979. The minimum absolute atomic E-state index is 0.0143. The maximum atomic E-state index is 11.7. The van der Waals surface area contributed by atoms with Gasteiger partial charge in [0.15, 0.2) is 0 Å². The number of carbonyl (C=O) groups excluding carboxylic acids is 1. The van der Waals surface area contributed by atoms with Crippen molar-refractivity contribution >= 4 is 34.7 Å². The Hall–Kier alpha value is -4.08. The number of hydrogen-bond donors (Lipinski definition) is 2. The number of anilines is 4. The van der Waals surface area contributed by atoms with Crippen LogP contribution in [0.15, 0.2) is 55.1 Å². The highest BCUT2D eigenvalue weighted by molar-refractivity contribution is 5.90. The van der Waals surface area contributed by atoms with Gasteiger partial charge in [-0.1, -0.05) is 0 Å². The van der Waals surface area contributed by atoms with E-state index in [1.807, 2.05) is 0 Å². The van der Waals surface area contributed by atoms with E-state index in [-0.39, 0.29) is 23.9 Å². The molecular weight excluding hydrogens is 364 g/mol. The summed E-state index contributed by atoms with van der Waals surface area (Å²) in [6, 6.07) is 9.65. The van der Waals surface area contributed by atoms with Crippen molar-refractivity contribution in [2.24, 2.45) is 0 Å². The van der Waals surface area contributed by atoms with Gasteiger partial charge < -0.3 is 15.4 Å². The predicted molar refractivity (Wildman–Crippen MR) is 102 cm³/mol. The van der Waals surface area contributed by atoms with Crippen molar-refractivity contribution < 1.29 is 14.5 Å². The molecule has 0 aliphatic heterocycles. The second kappa shape index (κ2) is 8.54. The first kappa shape index (κ1) is 18.7. The van der Waals surface area contributed by atoms with Crippen molar-refractivity contribution in [3.8, 4) is 0 Å². The lowest BCUT2D eigenvalue weighted by Gasteiger charge is -2.10. The Morgan fingerprint density at radius 2 is 1.61 bits per heavy atom. The van der Waals surface area contributed by atoms with Gasteiger partial charge in [0.05, 0.1) is 17.1 Å². The average molecular weight is 380 g/mol. The molecule has 3 rings (SSSR count). The fourth-order valence-electron chi connectivity index (χ4n) is 2.35. The summed E-state index contributed by atoms with van der Waals surface area (Å²) < 4.78 is 4.93. The molecule has 2 heterocycles. The third kappa shape index (κ3) is 4.36. The molecule has 2 N–H and O–H groups in total. The van der Waals surface area contributed by atoms with E-state index in [2.05, 4.69) is 25.6 Å². The van der Waals surface area contributed by atoms with Crippen LogP contribution in [-0.4, -0.2) is 32.5 Å². The van der Waals surface area contributed by atoms with Gasteiger partial charge in [-0.15, -0.1) is 0 Å². The number of benzene rings is 1. The predicted octanol–water partition coefficient (Wildman–Crippen LogP) is 3.44. The molecule has 2 aromatic heterocycles. The molecule has 0 aliphatic rings. The molecule has 3 aromatic rings. The molecule has 0 saturated carbocycles. The van der Waals surface area contributed by atoms with Crippen LogP contribution < -0.4 is 10.6 Å². The van der Waals surface area contributed by atoms with Crippen LogP contribution in [0.25, 0.3) is 0 Å². The van der Waals surface area contributed by atoms with Crippen LogP contribution in [0.3, 0.4) is 0 Å². The van der Waals surface area contributed by atoms with Crippen LogP contribution in [0.2, 0.25) is 0 Å². The molecule has 0 amide bonds. The van der Waals surface area contributed by atoms with Crippen molar-refractivity contribution in [3.63, 3.8) is 0 Å². The van der Waals surface area contributed by atoms with E-state index in [1.54, 1.807) is 55.7 Å². The van der Waals surface area contributed by atoms with E-state index in [1.165, 1.54) is 6.33 Å². The van der Waals surface area contributed by atoms with E-state index in [4.69, 9.17) is 4.74 Å². The van der Waals surface area contributed by atoms with Gasteiger partial charge in [0.1, 0.15) is 6.33 Å². The van der Waals surface area contributed by atoms with Gasteiger partial charge in [0, 0.05) is 23.8 Å². The van der Waals surface area contributed by atoms with Crippen molar-refractivity contribution in [2.45, 2.75) is 6.92 Å². The third-order valence-electron chi connectivity index (χ3n) is 3.61. The minimum atomic E-state index is -0.571. The number of nitro groups is 1. The Morgan fingerprint density at radius 3 is 2.14 bits per heavy atom. The summed E-state index contributed by atoms with van der Waals surface area (Å²) in [5.74, 6) is -0.386. The Labute approximate surface area is 159 Å². The molecule has 1 aromatic carbocycles. The minimum Gasteiger partial charge on any atom is -0.462 e. The molecule has 0 radical (unpaired) electrons. The standard InChI is InChI=1S/C18H16N6O4/c1-2-28-18(25)12-3-5-13(6-4-12)22-16-15(24(26)27)17(21-11-20-16)23-14-7-9-19-10-8-14/h3-11H,2H2,1H3,(H2,19,20,21,22,23). The normalized spacial score (nSPS) is 10.2. The summed E-state index contributed by atoms with van der Waals surface area (Å²) in [5, 5.41) is 17.4. The highest BCUT2D eigenvalue weighted by Crippen LogP contribution is 2.32. The molecule has 0 spiro atoms. The van der Waals surface area contributed by atoms with Crippen LogP contribution in [0, 0.1) is 10.1 Å². The second-order valence-corrected chi connectivity index (χ2v) is 5.46. The topological polar surface area (TPSA) is 132 Å². The fourth-order valence-corrected chi connectivity index (χ4v) is 2.35. The van der Waals surface area contributed by atoms with Gasteiger partial charge >= 0.3 is 11.7 Å². The summed E-state index contributed by atoms with van der Waals surface area (Å²) in [7, 11) is 0. The number of nitrogens with zero attached hydrogens (tertiary/aromatic N) is 4. The van der Waals surface area contributed by atoms with E-state index in [0.717, 1.165) is 0 Å². The first-order valence-electron chi connectivity index (χ1n) is 8.29. The van der Waals surface area contributed by atoms with Crippen LogP contribution in [0.5, 0.6) is 0 Å². The van der Waals surface area contributed by atoms with Crippen molar-refractivity contribution in [2.75, 3.05) is 17.2 Å². The van der Waals surface area contributed by atoms with E-state index >= 15 is 0 Å². The number of hydrogen-bond acceptors (Lipinski definition) is 9. The van der Waals surface area contributed by atoms with Gasteiger partial charge in [0.2, 0.25) is 11.6 Å². The average Bonchev–Trinajstić information content (AvgIpc) is 2.69. The molecule has 0 unspecified atom stereocenters. The number of carbonyl (C=O) groups is 1. The number of esters is 1. The maximum absolute atomic E-state index is 11.7. The number of pyridine rings is 1. The number of aromatic nitrogens is 3. The fraction of sp³-hybridized carbons (Fsp3) is 0.111. The molecular formula is C18H16N6O4. The molecule has 10 heteroatoms. The van der Waals surface area contributed by atoms with E-state index in [9.17, 15) is 14.9 Å². The second-order valence-electron chi connectivity index (χ2n) is 5.46. The molecule has 0 bridgehead atoms. The summed E-state index contributed by atoms with van der Waals surface area (Å²) in [4.78, 5) is 34.6. The zero-order chi connectivity index (χ0) is 19.9. The van der Waals surface area contributed by atoms with Crippen molar-refractivity contribution in [3.05, 3.63) is 70.8 Å². The number of ether oxygens (including phenoxy) is 1. The number of rotatable bonds is 7. The van der Waals surface area contributed by atoms with Crippen LogP contribution >= 0.6 is 0 Å². The van der Waals surface area contributed by atoms with Crippen LogP contribution in [0.4, 0.5) is 28.7 Å². The van der Waals surface area contributed by atoms with Gasteiger partial charge in [0.25, 0.3) is 0 Å². The lowest BCUT2D eigenvalue weighted by molar-refractivity contribution is -0.383. The highest BCUT2D eigenvalue weighted by atomic mass is 16.6. The Morgan fingerprint density at radius 1 is 1.04 bits per heavy atom. The smallest absolute Gasteiger partial charge is 0.353 e. The molecule has 142 valence electrons. The first-order chi connectivity index (χ1) is 13.6. The zero-order valence-electron chi connectivity index (χ0n) is 14.8. The van der Waals surface area contributed by atoms with Crippen molar-refractivity contribution in [1.82, 2.24) is 15.0 Å². The summed E-state index contributed by atoms with van der Waals surface area (Å²) in [5.41, 5.74) is 1.18. The third-order valence-corrected chi connectivity index (χ3v) is 3.61. The largest absolute Gasteiger partial charge is 0.462 e. The lowest BCUT2D eigenvalue weighted by atomic mass is 10.2. The summed E-state index contributed by atoms with van der Waals surface area (Å²) >= 11 is 0. The Balaban J connectivity index is 1.86.